The number of benzene rings is 1. The molecule has 19 heavy (non-hydrogen) atoms. The van der Waals surface area contributed by atoms with Gasteiger partial charge in [0.25, 0.3) is 0 Å². The number of aromatic nitrogens is 1. The second kappa shape index (κ2) is 5.87. The zero-order valence-electron chi connectivity index (χ0n) is 12.1. The lowest BCUT2D eigenvalue weighted by Gasteiger charge is -2.16. The summed E-state index contributed by atoms with van der Waals surface area (Å²) in [6.07, 6.45) is 1.88. The van der Waals surface area contributed by atoms with E-state index < -0.39 is 0 Å². The first kappa shape index (κ1) is 13.6. The van der Waals surface area contributed by atoms with Crippen molar-refractivity contribution in [3.8, 4) is 0 Å². The van der Waals surface area contributed by atoms with Crippen molar-refractivity contribution >= 4 is 5.69 Å². The highest BCUT2D eigenvalue weighted by Gasteiger charge is 2.06. The van der Waals surface area contributed by atoms with Crippen molar-refractivity contribution in [2.75, 3.05) is 5.32 Å². The van der Waals surface area contributed by atoms with Gasteiger partial charge in [0.15, 0.2) is 0 Å². The van der Waals surface area contributed by atoms with E-state index in [0.29, 0.717) is 5.92 Å². The highest BCUT2D eigenvalue weighted by Crippen LogP contribution is 2.21. The van der Waals surface area contributed by atoms with Crippen LogP contribution in [0.5, 0.6) is 0 Å². The van der Waals surface area contributed by atoms with Gasteiger partial charge in [-0.1, -0.05) is 38.1 Å². The fourth-order valence-corrected chi connectivity index (χ4v) is 2.06. The standard InChI is InChI=1S/C17H22N2/c1-12(2)15-6-8-16(9-7-15)14(4)19-17-10-5-13(3)18-11-17/h5-12,14,19H,1-4H3. The Kier molecular flexibility index (Phi) is 4.20. The van der Waals surface area contributed by atoms with Gasteiger partial charge in [-0.3, -0.25) is 4.98 Å². The molecule has 1 aromatic heterocycles. The van der Waals surface area contributed by atoms with Crippen molar-refractivity contribution in [1.29, 1.82) is 0 Å². The maximum absolute atomic E-state index is 4.30. The summed E-state index contributed by atoms with van der Waals surface area (Å²) < 4.78 is 0. The first-order valence-corrected chi connectivity index (χ1v) is 6.85. The topological polar surface area (TPSA) is 24.9 Å². The molecule has 2 heteroatoms. The van der Waals surface area contributed by atoms with Crippen LogP contribution in [0, 0.1) is 6.92 Å². The smallest absolute Gasteiger partial charge is 0.0531 e. The summed E-state index contributed by atoms with van der Waals surface area (Å²) in [5.74, 6) is 0.582. The summed E-state index contributed by atoms with van der Waals surface area (Å²) in [6.45, 7) is 8.60. The second-order valence-electron chi connectivity index (χ2n) is 5.38. The van der Waals surface area contributed by atoms with E-state index in [9.17, 15) is 0 Å². The molecule has 0 saturated heterocycles. The zero-order valence-corrected chi connectivity index (χ0v) is 12.1. The van der Waals surface area contributed by atoms with Gasteiger partial charge in [0.1, 0.15) is 0 Å². The molecule has 0 aliphatic rings. The molecule has 0 fully saturated rings. The average molecular weight is 254 g/mol. The highest BCUT2D eigenvalue weighted by atomic mass is 14.9. The SMILES string of the molecule is Cc1ccc(NC(C)c2ccc(C(C)C)cc2)cn1. The molecular weight excluding hydrogens is 232 g/mol. The fraction of sp³-hybridized carbons (Fsp3) is 0.353. The Labute approximate surface area is 115 Å². The summed E-state index contributed by atoms with van der Waals surface area (Å²) in [7, 11) is 0. The van der Waals surface area contributed by atoms with E-state index in [1.54, 1.807) is 0 Å². The normalized spacial score (nSPS) is 12.5. The van der Waals surface area contributed by atoms with Gasteiger partial charge in [0.2, 0.25) is 0 Å². The largest absolute Gasteiger partial charge is 0.377 e. The Balaban J connectivity index is 2.07. The maximum Gasteiger partial charge on any atom is 0.0531 e. The molecule has 0 amide bonds. The number of hydrogen-bond donors (Lipinski definition) is 1. The summed E-state index contributed by atoms with van der Waals surface area (Å²) in [5.41, 5.74) is 4.78. The van der Waals surface area contributed by atoms with Crippen LogP contribution in [0.2, 0.25) is 0 Å². The van der Waals surface area contributed by atoms with Crippen molar-refractivity contribution in [1.82, 2.24) is 4.98 Å². The van der Waals surface area contributed by atoms with Crippen LogP contribution >= 0.6 is 0 Å². The lowest BCUT2D eigenvalue weighted by atomic mass is 9.99. The molecule has 2 rings (SSSR count). The predicted octanol–water partition coefficient (Wildman–Crippen LogP) is 4.69. The lowest BCUT2D eigenvalue weighted by molar-refractivity contribution is 0.851. The van der Waals surface area contributed by atoms with E-state index in [0.717, 1.165) is 11.4 Å². The first-order valence-electron chi connectivity index (χ1n) is 6.85. The molecule has 2 nitrogen and oxygen atoms in total. The third-order valence-corrected chi connectivity index (χ3v) is 3.40. The van der Waals surface area contributed by atoms with Crippen LogP contribution in [-0.4, -0.2) is 4.98 Å². The van der Waals surface area contributed by atoms with E-state index in [4.69, 9.17) is 0 Å². The zero-order chi connectivity index (χ0) is 13.8. The van der Waals surface area contributed by atoms with Crippen LogP contribution in [0.15, 0.2) is 42.6 Å². The third-order valence-electron chi connectivity index (χ3n) is 3.40. The minimum atomic E-state index is 0.283. The highest BCUT2D eigenvalue weighted by molar-refractivity contribution is 5.43. The van der Waals surface area contributed by atoms with E-state index >= 15 is 0 Å². The van der Waals surface area contributed by atoms with Gasteiger partial charge in [-0.25, -0.2) is 0 Å². The quantitative estimate of drug-likeness (QED) is 0.856. The summed E-state index contributed by atoms with van der Waals surface area (Å²) >= 11 is 0. The van der Waals surface area contributed by atoms with Crippen LogP contribution in [0.1, 0.15) is 49.6 Å². The number of pyridine rings is 1. The van der Waals surface area contributed by atoms with Crippen LogP contribution in [0.25, 0.3) is 0 Å². The molecule has 1 aromatic carbocycles. The van der Waals surface area contributed by atoms with Gasteiger partial charge in [-0.2, -0.15) is 0 Å². The van der Waals surface area contributed by atoms with Gasteiger partial charge < -0.3 is 5.32 Å². The van der Waals surface area contributed by atoms with E-state index in [1.807, 2.05) is 19.2 Å². The molecule has 0 radical (unpaired) electrons. The lowest BCUT2D eigenvalue weighted by Crippen LogP contribution is -2.07. The molecule has 100 valence electrons. The van der Waals surface area contributed by atoms with Crippen LogP contribution < -0.4 is 5.32 Å². The van der Waals surface area contributed by atoms with Gasteiger partial charge in [0, 0.05) is 11.7 Å². The Bertz CT molecular complexity index is 512. The summed E-state index contributed by atoms with van der Waals surface area (Å²) in [4.78, 5) is 4.30. The molecule has 2 aromatic rings. The number of hydrogen-bond acceptors (Lipinski definition) is 2. The second-order valence-corrected chi connectivity index (χ2v) is 5.38. The molecule has 1 unspecified atom stereocenters. The maximum atomic E-state index is 4.30. The Hall–Kier alpha value is -1.83. The number of nitrogens with one attached hydrogen (secondary N) is 1. The number of aryl methyl sites for hydroxylation is 1. The molecule has 1 heterocycles. The Morgan fingerprint density at radius 1 is 0.895 bits per heavy atom. The van der Waals surface area contributed by atoms with Gasteiger partial charge in [0.05, 0.1) is 11.9 Å². The van der Waals surface area contributed by atoms with E-state index in [1.165, 1.54) is 11.1 Å². The number of anilines is 1. The first-order chi connectivity index (χ1) is 9.06. The summed E-state index contributed by atoms with van der Waals surface area (Å²) in [6, 6.07) is 13.2. The molecule has 0 aliphatic heterocycles. The molecular formula is C17H22N2. The molecule has 0 spiro atoms. The molecule has 1 N–H and O–H groups in total. The van der Waals surface area contributed by atoms with Crippen molar-refractivity contribution in [3.63, 3.8) is 0 Å². The average Bonchev–Trinajstić information content (AvgIpc) is 2.41. The molecule has 0 aliphatic carbocycles. The third kappa shape index (κ3) is 3.57. The van der Waals surface area contributed by atoms with Crippen LogP contribution in [0.3, 0.4) is 0 Å². The van der Waals surface area contributed by atoms with Gasteiger partial charge >= 0.3 is 0 Å². The van der Waals surface area contributed by atoms with Crippen molar-refractivity contribution in [2.24, 2.45) is 0 Å². The van der Waals surface area contributed by atoms with Gasteiger partial charge in [-0.15, -0.1) is 0 Å². The van der Waals surface area contributed by atoms with Crippen LogP contribution in [-0.2, 0) is 0 Å². The Morgan fingerprint density at radius 2 is 1.53 bits per heavy atom. The van der Waals surface area contributed by atoms with Crippen LogP contribution in [0.4, 0.5) is 5.69 Å². The van der Waals surface area contributed by atoms with Crippen molar-refractivity contribution < 1.29 is 0 Å². The number of rotatable bonds is 4. The van der Waals surface area contributed by atoms with Gasteiger partial charge in [-0.05, 0) is 43.0 Å². The predicted molar refractivity (Wildman–Crippen MR) is 81.5 cm³/mol. The minimum Gasteiger partial charge on any atom is -0.377 e. The molecule has 1 atom stereocenters. The molecule has 0 bridgehead atoms. The molecule has 0 saturated carbocycles. The van der Waals surface area contributed by atoms with Crippen molar-refractivity contribution in [2.45, 2.75) is 39.7 Å². The van der Waals surface area contributed by atoms with Crippen molar-refractivity contribution in [3.05, 3.63) is 59.4 Å². The Morgan fingerprint density at radius 3 is 2.05 bits per heavy atom. The fourth-order valence-electron chi connectivity index (χ4n) is 2.06. The minimum absolute atomic E-state index is 0.283. The summed E-state index contributed by atoms with van der Waals surface area (Å²) in [5, 5.41) is 3.47. The van der Waals surface area contributed by atoms with E-state index in [-0.39, 0.29) is 6.04 Å². The monoisotopic (exact) mass is 254 g/mol. The van der Waals surface area contributed by atoms with E-state index in [2.05, 4.69) is 61.4 Å². The number of nitrogens with zero attached hydrogens (tertiary/aromatic N) is 1.